The highest BCUT2D eigenvalue weighted by Crippen LogP contribution is 2.13. The summed E-state index contributed by atoms with van der Waals surface area (Å²) >= 11 is 0. The molecule has 1 aromatic heterocycles. The Morgan fingerprint density at radius 3 is 2.40 bits per heavy atom. The summed E-state index contributed by atoms with van der Waals surface area (Å²) in [5.74, 6) is 1.11. The Morgan fingerprint density at radius 1 is 1.13 bits per heavy atom. The smallest absolute Gasteiger partial charge is 0.128 e. The molecule has 0 aromatic carbocycles. The van der Waals surface area contributed by atoms with Gasteiger partial charge in [0, 0.05) is 38.4 Å². The minimum Gasteiger partial charge on any atom is -0.354 e. The third kappa shape index (κ3) is 2.48. The summed E-state index contributed by atoms with van der Waals surface area (Å²) in [5.41, 5.74) is 0. The summed E-state index contributed by atoms with van der Waals surface area (Å²) in [4.78, 5) is 9.25. The van der Waals surface area contributed by atoms with Gasteiger partial charge in [-0.2, -0.15) is 0 Å². The van der Waals surface area contributed by atoms with Crippen LogP contribution in [-0.2, 0) is 0 Å². The van der Waals surface area contributed by atoms with Gasteiger partial charge in [-0.1, -0.05) is 6.07 Å². The van der Waals surface area contributed by atoms with E-state index in [-0.39, 0.29) is 0 Å². The normalized spacial score (nSPS) is 18.5. The second kappa shape index (κ2) is 4.62. The van der Waals surface area contributed by atoms with E-state index in [1.165, 1.54) is 0 Å². The molecule has 3 nitrogen and oxygen atoms in total. The lowest BCUT2D eigenvalue weighted by atomic mass is 10.2. The first kappa shape index (κ1) is 10.4. The molecule has 2 heterocycles. The van der Waals surface area contributed by atoms with Crippen molar-refractivity contribution in [1.29, 1.82) is 0 Å². The maximum atomic E-state index is 4.38. The molecule has 1 aliphatic rings. The summed E-state index contributed by atoms with van der Waals surface area (Å²) in [6, 6.07) is 6.77. The minimum atomic E-state index is 0.663. The zero-order valence-corrected chi connectivity index (χ0v) is 9.56. The van der Waals surface area contributed by atoms with Gasteiger partial charge in [0.05, 0.1) is 0 Å². The third-order valence-electron chi connectivity index (χ3n) is 3.02. The van der Waals surface area contributed by atoms with Crippen LogP contribution in [0.2, 0.25) is 0 Å². The molecule has 3 heteroatoms. The number of pyridine rings is 1. The molecule has 15 heavy (non-hydrogen) atoms. The molecule has 0 unspecified atom stereocenters. The average Bonchev–Trinajstić information content (AvgIpc) is 2.30. The van der Waals surface area contributed by atoms with Crippen molar-refractivity contribution in [3.63, 3.8) is 0 Å². The van der Waals surface area contributed by atoms with Gasteiger partial charge in [-0.05, 0) is 26.0 Å². The van der Waals surface area contributed by atoms with E-state index < -0.39 is 0 Å². The summed E-state index contributed by atoms with van der Waals surface area (Å²) in [5, 5.41) is 0. The van der Waals surface area contributed by atoms with E-state index in [0.717, 1.165) is 32.0 Å². The molecule has 1 fully saturated rings. The van der Waals surface area contributed by atoms with Crippen molar-refractivity contribution in [2.45, 2.75) is 19.9 Å². The number of piperazine rings is 1. The Hall–Kier alpha value is -1.09. The van der Waals surface area contributed by atoms with E-state index in [2.05, 4.69) is 40.8 Å². The van der Waals surface area contributed by atoms with Gasteiger partial charge >= 0.3 is 0 Å². The molecule has 1 aliphatic heterocycles. The Morgan fingerprint density at radius 2 is 1.87 bits per heavy atom. The van der Waals surface area contributed by atoms with Crippen LogP contribution in [0.3, 0.4) is 0 Å². The lowest BCUT2D eigenvalue weighted by molar-refractivity contribution is 0.209. The second-order valence-electron chi connectivity index (χ2n) is 4.30. The molecule has 0 N–H and O–H groups in total. The van der Waals surface area contributed by atoms with Gasteiger partial charge in [0.2, 0.25) is 0 Å². The van der Waals surface area contributed by atoms with Crippen LogP contribution < -0.4 is 4.90 Å². The number of hydrogen-bond acceptors (Lipinski definition) is 3. The largest absolute Gasteiger partial charge is 0.354 e. The zero-order chi connectivity index (χ0) is 10.7. The van der Waals surface area contributed by atoms with E-state index in [4.69, 9.17) is 0 Å². The fraction of sp³-hybridized carbons (Fsp3) is 0.583. The van der Waals surface area contributed by atoms with Gasteiger partial charge in [0.15, 0.2) is 0 Å². The van der Waals surface area contributed by atoms with Crippen LogP contribution in [0.1, 0.15) is 13.8 Å². The predicted molar refractivity (Wildman–Crippen MR) is 63.2 cm³/mol. The van der Waals surface area contributed by atoms with Crippen molar-refractivity contribution < 1.29 is 0 Å². The Bertz CT molecular complexity index is 289. The van der Waals surface area contributed by atoms with Crippen molar-refractivity contribution in [3.05, 3.63) is 24.4 Å². The van der Waals surface area contributed by atoms with Gasteiger partial charge in [0.25, 0.3) is 0 Å². The van der Waals surface area contributed by atoms with E-state index in [1.54, 1.807) is 0 Å². The molecule has 1 aromatic rings. The van der Waals surface area contributed by atoms with Crippen molar-refractivity contribution in [2.24, 2.45) is 0 Å². The van der Waals surface area contributed by atoms with Crippen LogP contribution in [-0.4, -0.2) is 42.1 Å². The van der Waals surface area contributed by atoms with Gasteiger partial charge < -0.3 is 4.90 Å². The maximum Gasteiger partial charge on any atom is 0.128 e. The molecular weight excluding hydrogens is 186 g/mol. The SMILES string of the molecule is CC(C)N1CCN(c2ccccn2)CC1. The summed E-state index contributed by atoms with van der Waals surface area (Å²) in [6.07, 6.45) is 1.87. The lowest BCUT2D eigenvalue weighted by Crippen LogP contribution is -2.49. The average molecular weight is 205 g/mol. The Labute approximate surface area is 91.7 Å². The van der Waals surface area contributed by atoms with Crippen LogP contribution in [0, 0.1) is 0 Å². The van der Waals surface area contributed by atoms with Crippen LogP contribution >= 0.6 is 0 Å². The highest BCUT2D eigenvalue weighted by atomic mass is 15.3. The quantitative estimate of drug-likeness (QED) is 0.731. The molecule has 2 rings (SSSR count). The second-order valence-corrected chi connectivity index (χ2v) is 4.30. The minimum absolute atomic E-state index is 0.663. The number of nitrogens with zero attached hydrogens (tertiary/aromatic N) is 3. The molecule has 0 amide bonds. The van der Waals surface area contributed by atoms with E-state index in [1.807, 2.05) is 12.3 Å². The van der Waals surface area contributed by atoms with Crippen LogP contribution in [0.5, 0.6) is 0 Å². The lowest BCUT2D eigenvalue weighted by Gasteiger charge is -2.37. The van der Waals surface area contributed by atoms with Gasteiger partial charge in [-0.25, -0.2) is 4.98 Å². The third-order valence-corrected chi connectivity index (χ3v) is 3.02. The van der Waals surface area contributed by atoms with Crippen molar-refractivity contribution in [3.8, 4) is 0 Å². The first-order chi connectivity index (χ1) is 7.27. The first-order valence-electron chi connectivity index (χ1n) is 5.67. The molecule has 0 aliphatic carbocycles. The molecular formula is C12H19N3. The number of rotatable bonds is 2. The Kier molecular flexibility index (Phi) is 3.21. The summed E-state index contributed by atoms with van der Waals surface area (Å²) < 4.78 is 0. The fourth-order valence-electron chi connectivity index (χ4n) is 2.01. The van der Waals surface area contributed by atoms with Gasteiger partial charge in [-0.3, -0.25) is 4.90 Å². The van der Waals surface area contributed by atoms with Gasteiger partial charge in [-0.15, -0.1) is 0 Å². The fourth-order valence-corrected chi connectivity index (χ4v) is 2.01. The molecule has 0 bridgehead atoms. The first-order valence-corrected chi connectivity index (χ1v) is 5.67. The molecule has 0 radical (unpaired) electrons. The molecule has 0 saturated carbocycles. The highest BCUT2D eigenvalue weighted by Gasteiger charge is 2.18. The number of hydrogen-bond donors (Lipinski definition) is 0. The molecule has 0 atom stereocenters. The topological polar surface area (TPSA) is 19.4 Å². The zero-order valence-electron chi connectivity index (χ0n) is 9.56. The van der Waals surface area contributed by atoms with Crippen LogP contribution in [0.15, 0.2) is 24.4 Å². The predicted octanol–water partition coefficient (Wildman–Crippen LogP) is 1.61. The number of aromatic nitrogens is 1. The molecule has 82 valence electrons. The monoisotopic (exact) mass is 205 g/mol. The maximum absolute atomic E-state index is 4.38. The highest BCUT2D eigenvalue weighted by molar-refractivity contribution is 5.38. The van der Waals surface area contributed by atoms with E-state index >= 15 is 0 Å². The van der Waals surface area contributed by atoms with Crippen molar-refractivity contribution >= 4 is 5.82 Å². The van der Waals surface area contributed by atoms with Crippen LogP contribution in [0.25, 0.3) is 0 Å². The van der Waals surface area contributed by atoms with Crippen LogP contribution in [0.4, 0.5) is 5.82 Å². The summed E-state index contributed by atoms with van der Waals surface area (Å²) in [6.45, 7) is 9.00. The van der Waals surface area contributed by atoms with Crippen molar-refractivity contribution in [2.75, 3.05) is 31.1 Å². The summed E-state index contributed by atoms with van der Waals surface area (Å²) in [7, 11) is 0. The Balaban J connectivity index is 1.94. The van der Waals surface area contributed by atoms with Crippen molar-refractivity contribution in [1.82, 2.24) is 9.88 Å². The van der Waals surface area contributed by atoms with Gasteiger partial charge in [0.1, 0.15) is 5.82 Å². The molecule has 0 spiro atoms. The van der Waals surface area contributed by atoms with E-state index in [9.17, 15) is 0 Å². The standard InChI is InChI=1S/C12H19N3/c1-11(2)14-7-9-15(10-8-14)12-5-3-4-6-13-12/h3-6,11H,7-10H2,1-2H3. The number of anilines is 1. The molecule has 1 saturated heterocycles. The van der Waals surface area contributed by atoms with E-state index in [0.29, 0.717) is 6.04 Å².